The number of nitrogens with zero attached hydrogens (tertiary/aromatic N) is 1. The van der Waals surface area contributed by atoms with Gasteiger partial charge in [-0.25, -0.2) is 9.18 Å². The maximum absolute atomic E-state index is 14.0. The van der Waals surface area contributed by atoms with Crippen LogP contribution in [0, 0.1) is 5.82 Å². The summed E-state index contributed by atoms with van der Waals surface area (Å²) in [4.78, 5) is 41.3. The van der Waals surface area contributed by atoms with Gasteiger partial charge in [0, 0.05) is 27.8 Å². The number of H-pyrrole nitrogens is 1. The number of hydrogen-bond acceptors (Lipinski definition) is 4. The minimum absolute atomic E-state index is 0.130. The van der Waals surface area contributed by atoms with Crippen LogP contribution in [-0.2, 0) is 11.0 Å². The number of nitrogens with one attached hydrogen (secondary N) is 4. The molecule has 4 aromatic rings. The van der Waals surface area contributed by atoms with Crippen molar-refractivity contribution in [2.45, 2.75) is 6.18 Å². The zero-order valence-electron chi connectivity index (χ0n) is 21.2. The Balaban J connectivity index is 1.55. The second-order valence-electron chi connectivity index (χ2n) is 9.13. The maximum atomic E-state index is 14.0. The number of carbonyl (C=O) groups excluding carboxylic acids is 3. The van der Waals surface area contributed by atoms with Gasteiger partial charge < -0.3 is 31.6 Å². The molecule has 3 aromatic carbocycles. The molecule has 208 valence electrons. The minimum atomic E-state index is -4.70. The molecular weight excluding hydrogens is 532 g/mol. The van der Waals surface area contributed by atoms with Crippen LogP contribution in [0.4, 0.5) is 39.4 Å². The van der Waals surface area contributed by atoms with E-state index in [1.54, 1.807) is 49.3 Å². The third-order valence-electron chi connectivity index (χ3n) is 5.76. The molecule has 4 amide bonds. The molecule has 40 heavy (non-hydrogen) atoms. The number of amides is 4. The minimum Gasteiger partial charge on any atom is -0.364 e. The summed E-state index contributed by atoms with van der Waals surface area (Å²) >= 11 is 0. The molecule has 0 saturated heterocycles. The molecule has 0 aliphatic heterocycles. The third-order valence-corrected chi connectivity index (χ3v) is 5.76. The molecule has 0 fully saturated rings. The Morgan fingerprint density at radius 2 is 1.57 bits per heavy atom. The Bertz CT molecular complexity index is 1600. The zero-order valence-corrected chi connectivity index (χ0v) is 21.2. The van der Waals surface area contributed by atoms with Crippen LogP contribution in [0.3, 0.4) is 0 Å². The van der Waals surface area contributed by atoms with E-state index in [1.807, 2.05) is 0 Å². The van der Waals surface area contributed by atoms with E-state index in [2.05, 4.69) is 20.9 Å². The van der Waals surface area contributed by atoms with Gasteiger partial charge in [0.05, 0.1) is 17.8 Å². The van der Waals surface area contributed by atoms with Gasteiger partial charge in [-0.2, -0.15) is 13.2 Å². The Morgan fingerprint density at radius 1 is 0.900 bits per heavy atom. The van der Waals surface area contributed by atoms with Crippen molar-refractivity contribution in [2.24, 2.45) is 5.73 Å². The highest BCUT2D eigenvalue weighted by atomic mass is 19.4. The second kappa shape index (κ2) is 11.1. The lowest BCUT2D eigenvalue weighted by atomic mass is 10.0. The number of aromatic amines is 1. The molecule has 1 heterocycles. The van der Waals surface area contributed by atoms with Crippen LogP contribution in [0.25, 0.3) is 22.0 Å². The van der Waals surface area contributed by atoms with Gasteiger partial charge in [0.1, 0.15) is 11.5 Å². The van der Waals surface area contributed by atoms with Crippen molar-refractivity contribution < 1.29 is 31.9 Å². The van der Waals surface area contributed by atoms with Crippen molar-refractivity contribution in [1.82, 2.24) is 9.88 Å². The maximum Gasteiger partial charge on any atom is 0.416 e. The predicted molar refractivity (Wildman–Crippen MR) is 143 cm³/mol. The number of likely N-dealkylation sites (N-methyl/N-ethyl adjacent to an activating group) is 1. The smallest absolute Gasteiger partial charge is 0.364 e. The van der Waals surface area contributed by atoms with E-state index in [0.29, 0.717) is 45.9 Å². The number of halogens is 4. The first-order valence-corrected chi connectivity index (χ1v) is 11.8. The van der Waals surface area contributed by atoms with Gasteiger partial charge in [-0.1, -0.05) is 18.2 Å². The Labute approximate surface area is 225 Å². The van der Waals surface area contributed by atoms with Gasteiger partial charge in [-0.05, 0) is 62.1 Å². The van der Waals surface area contributed by atoms with E-state index in [0.717, 1.165) is 0 Å². The molecule has 0 atom stereocenters. The third kappa shape index (κ3) is 6.38. The fraction of sp³-hybridized carbons (Fsp3) is 0.148. The van der Waals surface area contributed by atoms with Crippen LogP contribution < -0.4 is 21.7 Å². The van der Waals surface area contributed by atoms with Crippen LogP contribution in [0.2, 0.25) is 0 Å². The van der Waals surface area contributed by atoms with E-state index in [-0.39, 0.29) is 23.8 Å². The SMILES string of the molecule is CN(C)CC(=O)Nc1ccc2c(-c3ccc(NC(=O)Nc4cc(C(F)(F)F)ccc4F)cc3)c(C(N)=O)[nH]c2c1. The molecule has 0 aliphatic carbocycles. The molecule has 0 radical (unpaired) electrons. The normalized spacial score (nSPS) is 11.5. The first-order valence-electron chi connectivity index (χ1n) is 11.8. The molecule has 13 heteroatoms. The van der Waals surface area contributed by atoms with Crippen molar-refractivity contribution in [2.75, 3.05) is 36.6 Å². The fourth-order valence-electron chi connectivity index (χ4n) is 4.05. The van der Waals surface area contributed by atoms with E-state index in [1.165, 1.54) is 12.1 Å². The molecule has 0 bridgehead atoms. The summed E-state index contributed by atoms with van der Waals surface area (Å²) in [5.41, 5.74) is 6.37. The number of primary amides is 1. The van der Waals surface area contributed by atoms with Gasteiger partial charge in [0.25, 0.3) is 5.91 Å². The first kappa shape index (κ1) is 28.1. The van der Waals surface area contributed by atoms with Crippen LogP contribution in [-0.4, -0.2) is 48.4 Å². The van der Waals surface area contributed by atoms with Crippen molar-refractivity contribution in [3.63, 3.8) is 0 Å². The average Bonchev–Trinajstić information content (AvgIpc) is 3.24. The number of rotatable bonds is 7. The molecule has 4 rings (SSSR count). The van der Waals surface area contributed by atoms with E-state index in [9.17, 15) is 31.9 Å². The van der Waals surface area contributed by atoms with Crippen LogP contribution in [0.5, 0.6) is 0 Å². The average molecular weight is 557 g/mol. The summed E-state index contributed by atoms with van der Waals surface area (Å²) in [6.45, 7) is 0.188. The van der Waals surface area contributed by atoms with E-state index < -0.39 is 35.2 Å². The van der Waals surface area contributed by atoms with Gasteiger partial charge in [0.2, 0.25) is 5.91 Å². The Kier molecular flexibility index (Phi) is 7.77. The van der Waals surface area contributed by atoms with Crippen LogP contribution in [0.15, 0.2) is 60.7 Å². The fourth-order valence-corrected chi connectivity index (χ4v) is 4.05. The number of urea groups is 1. The number of benzene rings is 3. The monoisotopic (exact) mass is 556 g/mol. The highest BCUT2D eigenvalue weighted by molar-refractivity contribution is 6.10. The van der Waals surface area contributed by atoms with Gasteiger partial charge in [-0.15, -0.1) is 0 Å². The van der Waals surface area contributed by atoms with E-state index >= 15 is 0 Å². The Morgan fingerprint density at radius 3 is 2.20 bits per heavy atom. The Hall–Kier alpha value is -4.91. The van der Waals surface area contributed by atoms with Crippen molar-refractivity contribution >= 4 is 45.8 Å². The molecule has 6 N–H and O–H groups in total. The number of anilines is 3. The molecule has 0 aliphatic rings. The molecule has 0 saturated carbocycles. The largest absolute Gasteiger partial charge is 0.416 e. The van der Waals surface area contributed by atoms with Crippen molar-refractivity contribution in [3.8, 4) is 11.1 Å². The summed E-state index contributed by atoms with van der Waals surface area (Å²) < 4.78 is 52.7. The van der Waals surface area contributed by atoms with Crippen molar-refractivity contribution in [3.05, 3.63) is 77.7 Å². The predicted octanol–water partition coefficient (Wildman–Crippen LogP) is 5.24. The molecule has 0 unspecified atom stereocenters. The molecule has 1 aromatic heterocycles. The second-order valence-corrected chi connectivity index (χ2v) is 9.13. The van der Waals surface area contributed by atoms with Gasteiger partial charge in [-0.3, -0.25) is 9.59 Å². The van der Waals surface area contributed by atoms with Gasteiger partial charge in [0.15, 0.2) is 0 Å². The summed E-state index contributed by atoms with van der Waals surface area (Å²) in [7, 11) is 3.53. The number of hydrogen-bond donors (Lipinski definition) is 5. The lowest BCUT2D eigenvalue weighted by Crippen LogP contribution is -2.27. The number of nitrogens with two attached hydrogens (primary N) is 1. The highest BCUT2D eigenvalue weighted by Crippen LogP contribution is 2.35. The number of aromatic nitrogens is 1. The lowest BCUT2D eigenvalue weighted by Gasteiger charge is -2.12. The van der Waals surface area contributed by atoms with Crippen LogP contribution in [0.1, 0.15) is 16.1 Å². The first-order chi connectivity index (χ1) is 18.8. The van der Waals surface area contributed by atoms with Crippen LogP contribution >= 0.6 is 0 Å². The standard InChI is InChI=1S/C27H24F4N6O3/c1-37(2)13-22(38)33-17-8-9-18-20(12-17)35-24(25(32)39)23(18)14-3-6-16(7-4-14)34-26(40)36-21-11-15(27(29,30)31)5-10-19(21)28/h3-12,35H,13H2,1-2H3,(H2,32,39)(H,33,38)(H2,34,36,40). The number of carbonyl (C=O) groups is 3. The molecule has 9 nitrogen and oxygen atoms in total. The topological polar surface area (TPSA) is 132 Å². The summed E-state index contributed by atoms with van der Waals surface area (Å²) in [5, 5.41) is 7.92. The summed E-state index contributed by atoms with van der Waals surface area (Å²) in [5.74, 6) is -1.96. The summed E-state index contributed by atoms with van der Waals surface area (Å²) in [6, 6.07) is 12.0. The van der Waals surface area contributed by atoms with E-state index in [4.69, 9.17) is 5.73 Å². The lowest BCUT2D eigenvalue weighted by molar-refractivity contribution is -0.137. The molecule has 0 spiro atoms. The zero-order chi connectivity index (χ0) is 29.2. The van der Waals surface area contributed by atoms with Gasteiger partial charge >= 0.3 is 12.2 Å². The summed E-state index contributed by atoms with van der Waals surface area (Å²) in [6.07, 6.45) is -4.70. The molecular formula is C27H24F4N6O3. The quantitative estimate of drug-likeness (QED) is 0.199. The highest BCUT2D eigenvalue weighted by Gasteiger charge is 2.31. The number of fused-ring (bicyclic) bond motifs is 1. The number of alkyl halides is 3. The van der Waals surface area contributed by atoms with Crippen molar-refractivity contribution in [1.29, 1.82) is 0 Å².